The van der Waals surface area contributed by atoms with Gasteiger partial charge in [-0.05, 0) is 24.5 Å². The summed E-state index contributed by atoms with van der Waals surface area (Å²) < 4.78 is 3.01. The van der Waals surface area contributed by atoms with Crippen molar-refractivity contribution >= 4 is 35.1 Å². The molecule has 0 saturated carbocycles. The van der Waals surface area contributed by atoms with Crippen molar-refractivity contribution in [1.82, 2.24) is 19.1 Å². The Bertz CT molecular complexity index is 1260. The highest BCUT2D eigenvalue weighted by molar-refractivity contribution is 7.99. The lowest BCUT2D eigenvalue weighted by Gasteiger charge is -2.25. The quantitative estimate of drug-likeness (QED) is 0.539. The predicted molar refractivity (Wildman–Crippen MR) is 123 cm³/mol. The SMILES string of the molecule is O=c1c(C(c2ccccc2Cl)c2c(O)nc3n(c2=O)CCCS3)c(O)nc2n1CCCS2. The summed E-state index contributed by atoms with van der Waals surface area (Å²) in [5, 5.41) is 22.9. The average Bonchev–Trinajstić information content (AvgIpc) is 2.78. The van der Waals surface area contributed by atoms with Gasteiger partial charge in [0.15, 0.2) is 10.3 Å². The Morgan fingerprint density at radius 2 is 1.38 bits per heavy atom. The van der Waals surface area contributed by atoms with E-state index >= 15 is 0 Å². The molecule has 166 valence electrons. The van der Waals surface area contributed by atoms with Crippen LogP contribution in [0.4, 0.5) is 0 Å². The van der Waals surface area contributed by atoms with Crippen molar-refractivity contribution in [2.75, 3.05) is 11.5 Å². The molecule has 0 aliphatic carbocycles. The molecule has 5 rings (SSSR count). The van der Waals surface area contributed by atoms with Crippen LogP contribution in [0.15, 0.2) is 44.2 Å². The molecule has 0 saturated heterocycles. The minimum absolute atomic E-state index is 0.0948. The van der Waals surface area contributed by atoms with E-state index in [9.17, 15) is 19.8 Å². The van der Waals surface area contributed by atoms with E-state index in [4.69, 9.17) is 11.6 Å². The zero-order valence-electron chi connectivity index (χ0n) is 16.8. The fraction of sp³-hybridized carbons (Fsp3) is 0.333. The minimum atomic E-state index is -1.13. The van der Waals surface area contributed by atoms with Crippen molar-refractivity contribution in [3.8, 4) is 11.8 Å². The molecule has 2 aliphatic heterocycles. The first-order chi connectivity index (χ1) is 15.5. The second kappa shape index (κ2) is 8.49. The zero-order valence-corrected chi connectivity index (χ0v) is 19.2. The standard InChI is InChI=1S/C21H19ClN4O4S2/c22-12-6-2-1-5-11(12)13(14-16(27)23-20-25(18(14)29)7-3-9-31-20)15-17(28)24-21-26(19(15)30)8-4-10-32-21/h1-2,5-6,13,27-28H,3-4,7-10H2. The van der Waals surface area contributed by atoms with E-state index in [-0.39, 0.29) is 11.1 Å². The van der Waals surface area contributed by atoms with Gasteiger partial charge in [-0.2, -0.15) is 9.97 Å². The van der Waals surface area contributed by atoms with E-state index in [0.717, 1.165) is 24.3 Å². The maximum absolute atomic E-state index is 13.5. The van der Waals surface area contributed by atoms with Crippen molar-refractivity contribution in [3.63, 3.8) is 0 Å². The lowest BCUT2D eigenvalue weighted by Crippen LogP contribution is -2.35. The van der Waals surface area contributed by atoms with Gasteiger partial charge < -0.3 is 10.2 Å². The van der Waals surface area contributed by atoms with Crippen molar-refractivity contribution in [3.05, 3.63) is 66.7 Å². The Morgan fingerprint density at radius 1 is 0.875 bits per heavy atom. The Kier molecular flexibility index (Phi) is 5.68. The molecule has 2 aliphatic rings. The number of fused-ring (bicyclic) bond motifs is 2. The molecule has 0 atom stereocenters. The van der Waals surface area contributed by atoms with Crippen LogP contribution < -0.4 is 11.1 Å². The van der Waals surface area contributed by atoms with E-state index in [1.54, 1.807) is 24.3 Å². The van der Waals surface area contributed by atoms with Crippen molar-refractivity contribution in [1.29, 1.82) is 0 Å². The number of hydrogen-bond donors (Lipinski definition) is 2. The van der Waals surface area contributed by atoms with Crippen LogP contribution in [0.1, 0.15) is 35.4 Å². The van der Waals surface area contributed by atoms with Gasteiger partial charge in [0.25, 0.3) is 11.1 Å². The van der Waals surface area contributed by atoms with Crippen LogP contribution in [-0.2, 0) is 13.1 Å². The van der Waals surface area contributed by atoms with Gasteiger partial charge in [0.1, 0.15) is 0 Å². The highest BCUT2D eigenvalue weighted by Crippen LogP contribution is 2.40. The summed E-state index contributed by atoms with van der Waals surface area (Å²) in [7, 11) is 0. The van der Waals surface area contributed by atoms with Gasteiger partial charge >= 0.3 is 0 Å². The van der Waals surface area contributed by atoms with Gasteiger partial charge in [0, 0.05) is 29.6 Å². The van der Waals surface area contributed by atoms with Gasteiger partial charge in [-0.3, -0.25) is 18.7 Å². The summed E-state index contributed by atoms with van der Waals surface area (Å²) in [6.45, 7) is 0.918. The van der Waals surface area contributed by atoms with Crippen LogP contribution in [0.25, 0.3) is 0 Å². The number of halogens is 1. The Balaban J connectivity index is 1.84. The molecule has 0 amide bonds. The van der Waals surface area contributed by atoms with Gasteiger partial charge in [-0.15, -0.1) is 0 Å². The molecule has 2 aromatic heterocycles. The molecular formula is C21H19ClN4O4S2. The number of thioether (sulfide) groups is 2. The fourth-order valence-electron chi connectivity index (χ4n) is 4.13. The van der Waals surface area contributed by atoms with Crippen LogP contribution in [0.3, 0.4) is 0 Å². The summed E-state index contributed by atoms with van der Waals surface area (Å²) >= 11 is 9.27. The Hall–Kier alpha value is -2.43. The summed E-state index contributed by atoms with van der Waals surface area (Å²) in [5.41, 5.74) is -0.697. The fourth-order valence-corrected chi connectivity index (χ4v) is 6.25. The van der Waals surface area contributed by atoms with Gasteiger partial charge in [0.05, 0.1) is 17.0 Å². The monoisotopic (exact) mass is 490 g/mol. The molecule has 0 spiro atoms. The third kappa shape index (κ3) is 3.50. The Labute approximate surface area is 196 Å². The molecule has 4 heterocycles. The molecule has 0 unspecified atom stereocenters. The second-order valence-corrected chi connectivity index (χ2v) is 10.1. The summed E-state index contributed by atoms with van der Waals surface area (Å²) in [4.78, 5) is 35.6. The molecule has 32 heavy (non-hydrogen) atoms. The molecule has 8 nitrogen and oxygen atoms in total. The number of benzene rings is 1. The maximum atomic E-state index is 13.5. The highest BCUT2D eigenvalue weighted by atomic mass is 35.5. The summed E-state index contributed by atoms with van der Waals surface area (Å²) in [6.07, 6.45) is 1.57. The molecule has 0 radical (unpaired) electrons. The third-order valence-corrected chi connectivity index (χ3v) is 8.08. The molecule has 1 aromatic carbocycles. The lowest BCUT2D eigenvalue weighted by atomic mass is 9.86. The number of aromatic hydroxyl groups is 2. The van der Waals surface area contributed by atoms with Gasteiger partial charge in [-0.1, -0.05) is 53.3 Å². The number of nitrogens with zero attached hydrogens (tertiary/aromatic N) is 4. The van der Waals surface area contributed by atoms with E-state index in [1.165, 1.54) is 32.7 Å². The van der Waals surface area contributed by atoms with E-state index < -0.39 is 28.8 Å². The molecule has 11 heteroatoms. The van der Waals surface area contributed by atoms with Crippen molar-refractivity contribution in [2.24, 2.45) is 0 Å². The zero-order chi connectivity index (χ0) is 22.4. The normalized spacial score (nSPS) is 15.4. The number of hydrogen-bond acceptors (Lipinski definition) is 8. The number of aromatic nitrogens is 4. The first-order valence-electron chi connectivity index (χ1n) is 10.1. The minimum Gasteiger partial charge on any atom is -0.493 e. The second-order valence-electron chi connectivity index (χ2n) is 7.54. The van der Waals surface area contributed by atoms with Crippen molar-refractivity contribution in [2.45, 2.75) is 42.2 Å². The molecule has 0 bridgehead atoms. The van der Waals surface area contributed by atoms with Crippen LogP contribution in [0.2, 0.25) is 5.02 Å². The molecule has 2 N–H and O–H groups in total. The largest absolute Gasteiger partial charge is 0.493 e. The van der Waals surface area contributed by atoms with Crippen LogP contribution in [-0.4, -0.2) is 40.8 Å². The predicted octanol–water partition coefficient (Wildman–Crippen LogP) is 3.04. The summed E-state index contributed by atoms with van der Waals surface area (Å²) in [6, 6.07) is 6.76. The van der Waals surface area contributed by atoms with E-state index in [0.29, 0.717) is 34.0 Å². The molecule has 0 fully saturated rings. The van der Waals surface area contributed by atoms with Crippen LogP contribution in [0.5, 0.6) is 11.8 Å². The third-order valence-electron chi connectivity index (χ3n) is 5.61. The van der Waals surface area contributed by atoms with Crippen LogP contribution in [0, 0.1) is 0 Å². The highest BCUT2D eigenvalue weighted by Gasteiger charge is 2.35. The number of rotatable bonds is 3. The average molecular weight is 491 g/mol. The first-order valence-corrected chi connectivity index (χ1v) is 12.5. The van der Waals surface area contributed by atoms with Crippen LogP contribution >= 0.6 is 35.1 Å². The Morgan fingerprint density at radius 3 is 1.88 bits per heavy atom. The van der Waals surface area contributed by atoms with Gasteiger partial charge in [0.2, 0.25) is 11.8 Å². The molecular weight excluding hydrogens is 472 g/mol. The summed E-state index contributed by atoms with van der Waals surface area (Å²) in [5.74, 6) is -0.479. The lowest BCUT2D eigenvalue weighted by molar-refractivity contribution is 0.406. The van der Waals surface area contributed by atoms with Gasteiger partial charge in [-0.25, -0.2) is 0 Å². The van der Waals surface area contributed by atoms with E-state index in [2.05, 4.69) is 9.97 Å². The molecule has 3 aromatic rings. The smallest absolute Gasteiger partial charge is 0.262 e. The van der Waals surface area contributed by atoms with Crippen molar-refractivity contribution < 1.29 is 10.2 Å². The topological polar surface area (TPSA) is 110 Å². The maximum Gasteiger partial charge on any atom is 0.262 e. The first kappa shape index (κ1) is 21.4. The van der Waals surface area contributed by atoms with E-state index in [1.807, 2.05) is 0 Å².